The van der Waals surface area contributed by atoms with Gasteiger partial charge in [-0.1, -0.05) is 6.07 Å². The summed E-state index contributed by atoms with van der Waals surface area (Å²) in [4.78, 5) is 75.3. The highest BCUT2D eigenvalue weighted by molar-refractivity contribution is 7.18. The zero-order valence-corrected chi connectivity index (χ0v) is 31.0. The number of aromatic nitrogens is 2. The van der Waals surface area contributed by atoms with E-state index in [9.17, 15) is 28.4 Å². The molecule has 3 N–H and O–H groups in total. The van der Waals surface area contributed by atoms with Gasteiger partial charge in [0.1, 0.15) is 17.6 Å². The number of thiazole rings is 1. The molecule has 3 aliphatic rings. The van der Waals surface area contributed by atoms with Crippen LogP contribution in [0, 0.1) is 11.7 Å². The van der Waals surface area contributed by atoms with Crippen molar-refractivity contribution >= 4 is 62.5 Å². The van der Waals surface area contributed by atoms with Gasteiger partial charge < -0.3 is 20.3 Å². The summed E-state index contributed by atoms with van der Waals surface area (Å²) in [5.74, 6) is -1.66. The van der Waals surface area contributed by atoms with Crippen LogP contribution in [-0.2, 0) is 9.59 Å². The molecule has 54 heavy (non-hydrogen) atoms. The van der Waals surface area contributed by atoms with Crippen molar-refractivity contribution in [2.24, 2.45) is 5.92 Å². The fourth-order valence-electron chi connectivity index (χ4n) is 7.66. The predicted molar refractivity (Wildman–Crippen MR) is 201 cm³/mol. The van der Waals surface area contributed by atoms with Crippen molar-refractivity contribution in [2.75, 3.05) is 44.4 Å². The summed E-state index contributed by atoms with van der Waals surface area (Å²) >= 11 is 1.63. The Morgan fingerprint density at radius 2 is 1.85 bits per heavy atom. The van der Waals surface area contributed by atoms with Crippen LogP contribution in [0.2, 0.25) is 0 Å². The standard InChI is InChI=1S/C39H42FN7O6S/c1-46(15-4-3-14-42-27-7-5-6-26-34(27)39(52)47(38(26)51)30-12-13-33(48)45-36(30)50)21-22-8-10-23(11-9-22)37-44-29-17-31(53-2)28(18-32(29)54-37)43-35(49)24-16-25(40)20-41-19-24/h5-7,16-20,22-23,30,42H,3-4,8-15,21H2,1-2H3,(H,43,49)(H,45,48,50). The van der Waals surface area contributed by atoms with Crippen LogP contribution in [0.4, 0.5) is 15.8 Å². The van der Waals surface area contributed by atoms with Crippen LogP contribution in [0.3, 0.4) is 0 Å². The third-order valence-electron chi connectivity index (χ3n) is 10.5. The molecule has 0 spiro atoms. The molecule has 2 fully saturated rings. The molecular formula is C39H42FN7O6S. The van der Waals surface area contributed by atoms with Crippen LogP contribution in [0.15, 0.2) is 48.8 Å². The van der Waals surface area contributed by atoms with Gasteiger partial charge in [-0.3, -0.25) is 39.2 Å². The van der Waals surface area contributed by atoms with Crippen molar-refractivity contribution < 1.29 is 33.1 Å². The summed E-state index contributed by atoms with van der Waals surface area (Å²) in [5, 5.41) is 9.47. The molecule has 1 unspecified atom stereocenters. The van der Waals surface area contributed by atoms with Gasteiger partial charge in [0.05, 0.1) is 50.9 Å². The Kier molecular flexibility index (Phi) is 11.0. The van der Waals surface area contributed by atoms with Crippen LogP contribution in [-0.4, -0.2) is 89.1 Å². The molecule has 0 radical (unpaired) electrons. The van der Waals surface area contributed by atoms with Crippen LogP contribution >= 0.6 is 11.3 Å². The van der Waals surface area contributed by atoms with Gasteiger partial charge in [-0.15, -0.1) is 11.3 Å². The number of anilines is 2. The Hall–Kier alpha value is -5.28. The number of hydrogen-bond donors (Lipinski definition) is 3. The average molecular weight is 756 g/mol. The summed E-state index contributed by atoms with van der Waals surface area (Å²) in [7, 11) is 3.69. The maximum atomic E-state index is 13.6. The lowest BCUT2D eigenvalue weighted by Gasteiger charge is -2.30. The molecular weight excluding hydrogens is 714 g/mol. The first-order valence-electron chi connectivity index (χ1n) is 18.3. The highest BCUT2D eigenvalue weighted by Crippen LogP contribution is 2.41. The summed E-state index contributed by atoms with van der Waals surface area (Å²) in [5.41, 5.74) is 2.55. The normalized spacial score (nSPS) is 20.0. The Bertz CT molecular complexity index is 2120. The molecule has 4 aromatic rings. The fraction of sp³-hybridized carbons (Fsp3) is 0.410. The molecule has 2 aliphatic heterocycles. The van der Waals surface area contributed by atoms with Gasteiger partial charge in [0.2, 0.25) is 11.8 Å². The first kappa shape index (κ1) is 37.1. The number of ether oxygens (including phenoxy) is 1. The molecule has 0 bridgehead atoms. The Balaban J connectivity index is 0.859. The summed E-state index contributed by atoms with van der Waals surface area (Å²) < 4.78 is 20.1. The molecule has 1 saturated carbocycles. The number of pyridine rings is 1. The number of amides is 5. The zero-order chi connectivity index (χ0) is 37.9. The molecule has 1 atom stereocenters. The number of nitrogens with one attached hydrogen (secondary N) is 3. The number of piperidine rings is 1. The number of halogens is 1. The number of carbonyl (C=O) groups excluding carboxylic acids is 5. The number of unbranched alkanes of at least 4 members (excludes halogenated alkanes) is 1. The second kappa shape index (κ2) is 16.0. The lowest BCUT2D eigenvalue weighted by molar-refractivity contribution is -0.136. The Morgan fingerprint density at radius 1 is 1.04 bits per heavy atom. The molecule has 4 heterocycles. The van der Waals surface area contributed by atoms with Crippen LogP contribution < -0.4 is 20.7 Å². The third-order valence-corrected chi connectivity index (χ3v) is 11.6. The van der Waals surface area contributed by atoms with E-state index >= 15 is 0 Å². The molecule has 1 aliphatic carbocycles. The lowest BCUT2D eigenvalue weighted by Crippen LogP contribution is -2.54. The van der Waals surface area contributed by atoms with E-state index in [4.69, 9.17) is 9.72 Å². The van der Waals surface area contributed by atoms with Gasteiger partial charge in [-0.05, 0) is 88.7 Å². The van der Waals surface area contributed by atoms with E-state index in [1.54, 1.807) is 29.5 Å². The number of rotatable bonds is 13. The van der Waals surface area contributed by atoms with Crippen LogP contribution in [0.25, 0.3) is 10.2 Å². The highest BCUT2D eigenvalue weighted by Gasteiger charge is 2.45. The van der Waals surface area contributed by atoms with Crippen molar-refractivity contribution in [2.45, 2.75) is 63.3 Å². The minimum absolute atomic E-state index is 0.0807. The number of carbonyl (C=O) groups is 5. The molecule has 2 aromatic heterocycles. The van der Waals surface area contributed by atoms with Gasteiger partial charge in [-0.2, -0.15) is 0 Å². The summed E-state index contributed by atoms with van der Waals surface area (Å²) in [6, 6.07) is 8.94. The first-order valence-corrected chi connectivity index (χ1v) is 19.1. The second-order valence-corrected chi connectivity index (χ2v) is 15.3. The van der Waals surface area contributed by atoms with Gasteiger partial charge in [0, 0.05) is 43.4 Å². The summed E-state index contributed by atoms with van der Waals surface area (Å²) in [6.45, 7) is 2.57. The maximum Gasteiger partial charge on any atom is 0.264 e. The van der Waals surface area contributed by atoms with E-state index < -0.39 is 41.4 Å². The monoisotopic (exact) mass is 755 g/mol. The van der Waals surface area contributed by atoms with Crippen molar-refractivity contribution in [3.05, 3.63) is 76.3 Å². The highest BCUT2D eigenvalue weighted by atomic mass is 32.1. The zero-order valence-electron chi connectivity index (χ0n) is 30.2. The van der Waals surface area contributed by atoms with E-state index in [0.717, 1.165) is 84.0 Å². The van der Waals surface area contributed by atoms with Crippen molar-refractivity contribution in [3.63, 3.8) is 0 Å². The topological polar surface area (TPSA) is 163 Å². The van der Waals surface area contributed by atoms with Crippen molar-refractivity contribution in [1.82, 2.24) is 25.1 Å². The third kappa shape index (κ3) is 7.82. The van der Waals surface area contributed by atoms with E-state index in [1.807, 2.05) is 12.1 Å². The molecule has 1 saturated heterocycles. The molecule has 15 heteroatoms. The van der Waals surface area contributed by atoms with Gasteiger partial charge in [0.15, 0.2) is 0 Å². The average Bonchev–Trinajstić information content (AvgIpc) is 3.69. The molecule has 5 amide bonds. The van der Waals surface area contributed by atoms with E-state index in [2.05, 4.69) is 32.9 Å². The van der Waals surface area contributed by atoms with Gasteiger partial charge in [0.25, 0.3) is 17.7 Å². The number of imide groups is 2. The minimum atomic E-state index is -0.990. The molecule has 2 aromatic carbocycles. The van der Waals surface area contributed by atoms with Gasteiger partial charge in [-0.25, -0.2) is 9.37 Å². The largest absolute Gasteiger partial charge is 0.494 e. The van der Waals surface area contributed by atoms with Crippen molar-refractivity contribution in [1.29, 1.82) is 0 Å². The van der Waals surface area contributed by atoms with E-state index in [1.165, 1.54) is 13.3 Å². The van der Waals surface area contributed by atoms with Crippen molar-refractivity contribution in [3.8, 4) is 5.75 Å². The van der Waals surface area contributed by atoms with Crippen LogP contribution in [0.1, 0.15) is 93.4 Å². The Morgan fingerprint density at radius 3 is 2.61 bits per heavy atom. The smallest absolute Gasteiger partial charge is 0.264 e. The van der Waals surface area contributed by atoms with Crippen LogP contribution in [0.5, 0.6) is 5.75 Å². The van der Waals surface area contributed by atoms with Gasteiger partial charge >= 0.3 is 0 Å². The summed E-state index contributed by atoms with van der Waals surface area (Å²) in [6.07, 6.45) is 8.73. The fourth-order valence-corrected chi connectivity index (χ4v) is 8.82. The lowest BCUT2D eigenvalue weighted by atomic mass is 9.82. The molecule has 13 nitrogen and oxygen atoms in total. The van der Waals surface area contributed by atoms with E-state index in [-0.39, 0.29) is 29.5 Å². The SMILES string of the molecule is COc1cc2nc(C3CCC(CN(C)CCCCNc4cccc5c4C(=O)N(C4CCC(=O)NC4=O)C5=O)CC3)sc2cc1NC(=O)c1cncc(F)c1. The number of methoxy groups -OCH3 is 1. The maximum absolute atomic E-state index is 13.6. The predicted octanol–water partition coefficient (Wildman–Crippen LogP) is 5.59. The number of benzene rings is 2. The number of hydrogen-bond acceptors (Lipinski definition) is 11. The second-order valence-electron chi connectivity index (χ2n) is 14.2. The molecule has 7 rings (SSSR count). The number of nitrogens with zero attached hydrogens (tertiary/aromatic N) is 4. The number of fused-ring (bicyclic) bond motifs is 2. The molecule has 282 valence electrons. The minimum Gasteiger partial charge on any atom is -0.494 e. The van der Waals surface area contributed by atoms with E-state index in [0.29, 0.717) is 35.5 Å². The quantitative estimate of drug-likeness (QED) is 0.116. The Labute approximate surface area is 315 Å². The first-order chi connectivity index (χ1) is 26.1.